The van der Waals surface area contributed by atoms with E-state index in [1.54, 1.807) is 19.9 Å². The van der Waals surface area contributed by atoms with Gasteiger partial charge in [0.2, 0.25) is 10.0 Å². The Morgan fingerprint density at radius 1 is 1.29 bits per heavy atom. The Kier molecular flexibility index (Phi) is 4.43. The molecule has 0 heterocycles. The van der Waals surface area contributed by atoms with E-state index in [1.807, 2.05) is 0 Å². The molecule has 96 valence electrons. The average Bonchev–Trinajstić information content (AvgIpc) is 2.13. The van der Waals surface area contributed by atoms with Gasteiger partial charge < -0.3 is 5.73 Å². The molecule has 0 aliphatic rings. The second-order valence-electron chi connectivity index (χ2n) is 4.36. The molecule has 0 fully saturated rings. The molecule has 0 atom stereocenters. The maximum atomic E-state index is 12.0. The lowest BCUT2D eigenvalue weighted by atomic mass is 10.1. The van der Waals surface area contributed by atoms with Gasteiger partial charge in [0.25, 0.3) is 0 Å². The topological polar surface area (TPSA) is 72.2 Å². The van der Waals surface area contributed by atoms with E-state index in [1.165, 1.54) is 12.1 Å². The highest BCUT2D eigenvalue weighted by Gasteiger charge is 2.23. The van der Waals surface area contributed by atoms with Crippen LogP contribution in [0.5, 0.6) is 0 Å². The third kappa shape index (κ3) is 4.12. The van der Waals surface area contributed by atoms with Gasteiger partial charge in [-0.2, -0.15) is 0 Å². The van der Waals surface area contributed by atoms with Crippen LogP contribution in [-0.4, -0.2) is 20.5 Å². The van der Waals surface area contributed by atoms with Crippen molar-refractivity contribution in [3.63, 3.8) is 0 Å². The Hall–Kier alpha value is -0.330. The first kappa shape index (κ1) is 14.7. The van der Waals surface area contributed by atoms with E-state index in [-0.39, 0.29) is 21.5 Å². The summed E-state index contributed by atoms with van der Waals surface area (Å²) < 4.78 is 26.3. The summed E-state index contributed by atoms with van der Waals surface area (Å²) in [5.41, 5.74) is 5.05. The number of benzene rings is 1. The van der Waals surface area contributed by atoms with Crippen LogP contribution in [0.3, 0.4) is 0 Å². The van der Waals surface area contributed by atoms with E-state index in [2.05, 4.69) is 4.72 Å². The highest BCUT2D eigenvalue weighted by Crippen LogP contribution is 2.28. The van der Waals surface area contributed by atoms with E-state index in [4.69, 9.17) is 28.9 Å². The standard InChI is InChI=1S/C10H14Cl2N2O2S/c1-10(2,13)6-14-17(15,16)9-7(11)4-3-5-8(9)12/h3-5,14H,6,13H2,1-2H3. The quantitative estimate of drug-likeness (QED) is 0.893. The molecule has 0 saturated carbocycles. The minimum Gasteiger partial charge on any atom is -0.324 e. The van der Waals surface area contributed by atoms with Gasteiger partial charge in [-0.3, -0.25) is 0 Å². The Morgan fingerprint density at radius 3 is 2.18 bits per heavy atom. The Balaban J connectivity index is 3.06. The van der Waals surface area contributed by atoms with Gasteiger partial charge in [0.15, 0.2) is 0 Å². The molecule has 0 bridgehead atoms. The fourth-order valence-electron chi connectivity index (χ4n) is 1.09. The third-order valence-electron chi connectivity index (χ3n) is 1.91. The highest BCUT2D eigenvalue weighted by atomic mass is 35.5. The molecule has 0 amide bonds. The van der Waals surface area contributed by atoms with Crippen molar-refractivity contribution in [3.05, 3.63) is 28.2 Å². The molecule has 1 aromatic carbocycles. The van der Waals surface area contributed by atoms with Gasteiger partial charge in [0.1, 0.15) is 4.90 Å². The third-order valence-corrected chi connectivity index (χ3v) is 4.26. The Labute approximate surface area is 111 Å². The van der Waals surface area contributed by atoms with Crippen molar-refractivity contribution in [2.45, 2.75) is 24.3 Å². The summed E-state index contributed by atoms with van der Waals surface area (Å²) >= 11 is 11.7. The minimum atomic E-state index is -3.75. The number of sulfonamides is 1. The fourth-order valence-corrected chi connectivity index (χ4v) is 3.46. The van der Waals surface area contributed by atoms with Gasteiger partial charge >= 0.3 is 0 Å². The first-order valence-corrected chi connectivity index (χ1v) is 7.10. The van der Waals surface area contributed by atoms with E-state index in [0.717, 1.165) is 0 Å². The van der Waals surface area contributed by atoms with Crippen molar-refractivity contribution in [2.24, 2.45) is 5.73 Å². The molecular formula is C10H14Cl2N2O2S. The van der Waals surface area contributed by atoms with E-state index in [9.17, 15) is 8.42 Å². The molecule has 1 aromatic rings. The van der Waals surface area contributed by atoms with E-state index >= 15 is 0 Å². The first-order chi connectivity index (χ1) is 7.63. The number of hydrogen-bond donors (Lipinski definition) is 2. The van der Waals surface area contributed by atoms with E-state index < -0.39 is 15.6 Å². The number of halogens is 2. The summed E-state index contributed by atoms with van der Waals surface area (Å²) in [4.78, 5) is -0.118. The van der Waals surface area contributed by atoms with Crippen LogP contribution in [-0.2, 0) is 10.0 Å². The van der Waals surface area contributed by atoms with Crippen molar-refractivity contribution in [1.82, 2.24) is 4.72 Å². The number of hydrogen-bond acceptors (Lipinski definition) is 3. The summed E-state index contributed by atoms with van der Waals surface area (Å²) in [7, 11) is -3.75. The van der Waals surface area contributed by atoms with Gasteiger partial charge in [-0.05, 0) is 26.0 Å². The maximum Gasteiger partial charge on any atom is 0.243 e. The molecular weight excluding hydrogens is 283 g/mol. The van der Waals surface area contributed by atoms with Crippen molar-refractivity contribution in [1.29, 1.82) is 0 Å². The molecule has 0 aromatic heterocycles. The lowest BCUT2D eigenvalue weighted by Crippen LogP contribution is -2.45. The molecule has 7 heteroatoms. The van der Waals surface area contributed by atoms with Crippen LogP contribution in [0.1, 0.15) is 13.8 Å². The SMILES string of the molecule is CC(C)(N)CNS(=O)(=O)c1c(Cl)cccc1Cl. The second-order valence-corrected chi connectivity index (χ2v) is 6.88. The predicted octanol–water partition coefficient (Wildman–Crippen LogP) is 2.01. The number of nitrogens with one attached hydrogen (secondary N) is 1. The fraction of sp³-hybridized carbons (Fsp3) is 0.400. The van der Waals surface area contributed by atoms with Crippen molar-refractivity contribution >= 4 is 33.2 Å². The highest BCUT2D eigenvalue weighted by molar-refractivity contribution is 7.89. The Morgan fingerprint density at radius 2 is 1.76 bits per heavy atom. The molecule has 4 nitrogen and oxygen atoms in total. The molecule has 3 N–H and O–H groups in total. The van der Waals surface area contributed by atoms with Crippen LogP contribution in [0.2, 0.25) is 10.0 Å². The zero-order valence-electron chi connectivity index (χ0n) is 9.50. The molecule has 0 unspecified atom stereocenters. The summed E-state index contributed by atoms with van der Waals surface area (Å²) in [6.07, 6.45) is 0. The lowest BCUT2D eigenvalue weighted by molar-refractivity contribution is 0.498. The first-order valence-electron chi connectivity index (χ1n) is 4.86. The zero-order valence-corrected chi connectivity index (χ0v) is 11.8. The molecule has 17 heavy (non-hydrogen) atoms. The molecule has 1 rings (SSSR count). The molecule has 0 aliphatic carbocycles. The zero-order chi connectivity index (χ0) is 13.3. The van der Waals surface area contributed by atoms with Crippen molar-refractivity contribution < 1.29 is 8.42 Å². The van der Waals surface area contributed by atoms with Crippen molar-refractivity contribution in [2.75, 3.05) is 6.54 Å². The van der Waals surface area contributed by atoms with Crippen LogP contribution in [0.25, 0.3) is 0 Å². The van der Waals surface area contributed by atoms with Gasteiger partial charge in [0, 0.05) is 12.1 Å². The summed E-state index contributed by atoms with van der Waals surface area (Å²) in [5, 5.41) is 0.166. The minimum absolute atomic E-state index is 0.0832. The van der Waals surface area contributed by atoms with Crippen LogP contribution in [0.4, 0.5) is 0 Å². The monoisotopic (exact) mass is 296 g/mol. The summed E-state index contributed by atoms with van der Waals surface area (Å²) in [5.74, 6) is 0. The maximum absolute atomic E-state index is 12.0. The second kappa shape index (κ2) is 5.12. The lowest BCUT2D eigenvalue weighted by Gasteiger charge is -2.19. The molecule has 0 radical (unpaired) electrons. The average molecular weight is 297 g/mol. The molecule has 0 aliphatic heterocycles. The van der Waals surface area contributed by atoms with Crippen LogP contribution in [0, 0.1) is 0 Å². The van der Waals surface area contributed by atoms with E-state index in [0.29, 0.717) is 0 Å². The predicted molar refractivity (Wildman–Crippen MR) is 69.9 cm³/mol. The van der Waals surface area contributed by atoms with Crippen LogP contribution >= 0.6 is 23.2 Å². The molecule has 0 saturated heterocycles. The smallest absolute Gasteiger partial charge is 0.243 e. The number of rotatable bonds is 4. The molecule has 0 spiro atoms. The van der Waals surface area contributed by atoms with Gasteiger partial charge in [-0.1, -0.05) is 29.3 Å². The van der Waals surface area contributed by atoms with Crippen LogP contribution in [0.15, 0.2) is 23.1 Å². The number of nitrogens with two attached hydrogens (primary N) is 1. The summed E-state index contributed by atoms with van der Waals surface area (Å²) in [6, 6.07) is 4.52. The van der Waals surface area contributed by atoms with Crippen molar-refractivity contribution in [3.8, 4) is 0 Å². The normalized spacial score (nSPS) is 12.8. The largest absolute Gasteiger partial charge is 0.324 e. The summed E-state index contributed by atoms with van der Waals surface area (Å²) in [6.45, 7) is 3.52. The van der Waals surface area contributed by atoms with Gasteiger partial charge in [-0.25, -0.2) is 13.1 Å². The van der Waals surface area contributed by atoms with Gasteiger partial charge in [-0.15, -0.1) is 0 Å². The Bertz CT molecular complexity index is 489. The van der Waals surface area contributed by atoms with Crippen LogP contribution < -0.4 is 10.5 Å². The van der Waals surface area contributed by atoms with Gasteiger partial charge in [0.05, 0.1) is 10.0 Å².